The number of nitrogens with zero attached hydrogens (tertiary/aromatic N) is 2. The molecule has 152 valence electrons. The Morgan fingerprint density at radius 1 is 1.22 bits per heavy atom. The van der Waals surface area contributed by atoms with E-state index in [0.29, 0.717) is 11.8 Å². The summed E-state index contributed by atoms with van der Waals surface area (Å²) < 4.78 is 0. The van der Waals surface area contributed by atoms with Gasteiger partial charge in [0.05, 0.1) is 0 Å². The molecule has 1 aliphatic rings. The molecule has 1 aliphatic heterocycles. The van der Waals surface area contributed by atoms with Crippen molar-refractivity contribution in [3.05, 3.63) is 35.9 Å². The number of hydrogen-bond acceptors (Lipinski definition) is 2. The molecular formula is C21H35IN4O. The number of carbonyl (C=O) groups is 1. The largest absolute Gasteiger partial charge is 0.356 e. The van der Waals surface area contributed by atoms with Crippen LogP contribution in [0.3, 0.4) is 0 Å². The maximum Gasteiger partial charge on any atom is 0.225 e. The molecule has 0 aliphatic carbocycles. The third-order valence-corrected chi connectivity index (χ3v) is 5.08. The maximum absolute atomic E-state index is 12.1. The molecule has 1 saturated heterocycles. The van der Waals surface area contributed by atoms with Crippen LogP contribution in [0.25, 0.3) is 0 Å². The second-order valence-corrected chi connectivity index (χ2v) is 7.78. The zero-order valence-electron chi connectivity index (χ0n) is 17.2. The predicted octanol–water partition coefficient (Wildman–Crippen LogP) is 3.47. The molecule has 1 heterocycles. The summed E-state index contributed by atoms with van der Waals surface area (Å²) in [5, 5.41) is 6.96. The van der Waals surface area contributed by atoms with Crippen molar-refractivity contribution in [2.75, 3.05) is 26.7 Å². The van der Waals surface area contributed by atoms with Crippen molar-refractivity contribution in [3.63, 3.8) is 0 Å². The van der Waals surface area contributed by atoms with E-state index in [1.807, 2.05) is 18.7 Å². The first kappa shape index (κ1) is 23.7. The van der Waals surface area contributed by atoms with Crippen LogP contribution in [0, 0.1) is 11.8 Å². The second-order valence-electron chi connectivity index (χ2n) is 7.78. The van der Waals surface area contributed by atoms with Crippen molar-refractivity contribution in [2.45, 2.75) is 46.1 Å². The van der Waals surface area contributed by atoms with Crippen LogP contribution >= 0.6 is 24.0 Å². The Morgan fingerprint density at radius 2 is 1.89 bits per heavy atom. The zero-order valence-corrected chi connectivity index (χ0v) is 19.6. The second kappa shape index (κ2) is 11.5. The predicted molar refractivity (Wildman–Crippen MR) is 124 cm³/mol. The number of hydrogen-bond donors (Lipinski definition) is 2. The molecule has 1 aromatic rings. The summed E-state index contributed by atoms with van der Waals surface area (Å²) in [5.74, 6) is 2.08. The Hall–Kier alpha value is -1.31. The molecule has 5 nitrogen and oxygen atoms in total. The summed E-state index contributed by atoms with van der Waals surface area (Å²) in [6, 6.07) is 10.9. The number of benzene rings is 1. The van der Waals surface area contributed by atoms with Crippen LogP contribution in [-0.4, -0.2) is 49.5 Å². The highest BCUT2D eigenvalue weighted by Crippen LogP contribution is 2.23. The van der Waals surface area contributed by atoms with E-state index >= 15 is 0 Å². The minimum atomic E-state index is 0. The fourth-order valence-corrected chi connectivity index (χ4v) is 3.48. The lowest BCUT2D eigenvalue weighted by Crippen LogP contribution is -2.46. The molecule has 2 N–H and O–H groups in total. The first-order valence-electron chi connectivity index (χ1n) is 9.73. The van der Waals surface area contributed by atoms with Gasteiger partial charge in [-0.2, -0.15) is 0 Å². The summed E-state index contributed by atoms with van der Waals surface area (Å²) in [4.78, 5) is 18.5. The average Bonchev–Trinajstić information content (AvgIpc) is 3.09. The molecule has 1 fully saturated rings. The highest BCUT2D eigenvalue weighted by Gasteiger charge is 2.28. The van der Waals surface area contributed by atoms with Gasteiger partial charge in [-0.05, 0) is 17.9 Å². The number of rotatable bonds is 6. The number of likely N-dealkylation sites (tertiary alicyclic amines) is 1. The van der Waals surface area contributed by atoms with Gasteiger partial charge in [0, 0.05) is 44.6 Å². The number of aliphatic imine (C=N–C) groups is 1. The first-order chi connectivity index (χ1) is 12.4. The molecule has 0 saturated carbocycles. The SMILES string of the molecule is CN=C(NCC(c1ccccc1)C(C)C)NC1CCN(C(=O)C(C)C)C1.I. The third-order valence-electron chi connectivity index (χ3n) is 5.08. The van der Waals surface area contributed by atoms with Gasteiger partial charge in [0.25, 0.3) is 0 Å². The number of halogens is 1. The van der Waals surface area contributed by atoms with E-state index in [1.165, 1.54) is 5.56 Å². The smallest absolute Gasteiger partial charge is 0.225 e. The maximum atomic E-state index is 12.1. The third kappa shape index (κ3) is 6.97. The highest BCUT2D eigenvalue weighted by molar-refractivity contribution is 14.0. The van der Waals surface area contributed by atoms with Crippen LogP contribution in [0.4, 0.5) is 0 Å². The Labute approximate surface area is 181 Å². The average molecular weight is 486 g/mol. The summed E-state index contributed by atoms with van der Waals surface area (Å²) in [6.07, 6.45) is 0.964. The monoisotopic (exact) mass is 486 g/mol. The molecule has 2 unspecified atom stereocenters. The first-order valence-corrected chi connectivity index (χ1v) is 9.73. The van der Waals surface area contributed by atoms with Gasteiger partial charge in [-0.15, -0.1) is 24.0 Å². The number of amides is 1. The standard InChI is InChI=1S/C21H34N4O.HI/c1-15(2)19(17-9-7-6-8-10-17)13-23-21(22-5)24-18-11-12-25(14-18)20(26)16(3)4;/h6-10,15-16,18-19H,11-14H2,1-5H3,(H2,22,23,24);1H. The van der Waals surface area contributed by atoms with Gasteiger partial charge in [0.1, 0.15) is 0 Å². The van der Waals surface area contributed by atoms with Crippen molar-refractivity contribution >= 4 is 35.8 Å². The Kier molecular flexibility index (Phi) is 10.1. The zero-order chi connectivity index (χ0) is 19.1. The number of nitrogens with one attached hydrogen (secondary N) is 2. The summed E-state index contributed by atoms with van der Waals surface area (Å²) in [6.45, 7) is 10.8. The van der Waals surface area contributed by atoms with E-state index in [4.69, 9.17) is 0 Å². The van der Waals surface area contributed by atoms with E-state index < -0.39 is 0 Å². The van der Waals surface area contributed by atoms with Gasteiger partial charge in [-0.3, -0.25) is 9.79 Å². The van der Waals surface area contributed by atoms with E-state index in [1.54, 1.807) is 7.05 Å². The summed E-state index contributed by atoms with van der Waals surface area (Å²) >= 11 is 0. The van der Waals surface area contributed by atoms with E-state index in [2.05, 4.69) is 59.8 Å². The van der Waals surface area contributed by atoms with Crippen LogP contribution in [0.5, 0.6) is 0 Å². The van der Waals surface area contributed by atoms with E-state index in [-0.39, 0.29) is 41.8 Å². The van der Waals surface area contributed by atoms with Gasteiger partial charge in [0.2, 0.25) is 5.91 Å². The molecule has 0 aromatic heterocycles. The molecule has 0 spiro atoms. The molecule has 27 heavy (non-hydrogen) atoms. The lowest BCUT2D eigenvalue weighted by atomic mass is 9.88. The van der Waals surface area contributed by atoms with Crippen molar-refractivity contribution in [3.8, 4) is 0 Å². The topological polar surface area (TPSA) is 56.7 Å². The van der Waals surface area contributed by atoms with Gasteiger partial charge < -0.3 is 15.5 Å². The number of guanidine groups is 1. The van der Waals surface area contributed by atoms with Crippen molar-refractivity contribution < 1.29 is 4.79 Å². The molecule has 1 aromatic carbocycles. The van der Waals surface area contributed by atoms with Crippen LogP contribution < -0.4 is 10.6 Å². The molecule has 0 bridgehead atoms. The lowest BCUT2D eigenvalue weighted by Gasteiger charge is -2.24. The van der Waals surface area contributed by atoms with Crippen molar-refractivity contribution in [1.29, 1.82) is 0 Å². The van der Waals surface area contributed by atoms with Gasteiger partial charge in [-0.1, -0.05) is 58.0 Å². The van der Waals surface area contributed by atoms with E-state index in [9.17, 15) is 4.79 Å². The Balaban J connectivity index is 0.00000364. The Morgan fingerprint density at radius 3 is 2.44 bits per heavy atom. The summed E-state index contributed by atoms with van der Waals surface area (Å²) in [5.41, 5.74) is 1.35. The lowest BCUT2D eigenvalue weighted by molar-refractivity contribution is -0.133. The van der Waals surface area contributed by atoms with Gasteiger partial charge >= 0.3 is 0 Å². The Bertz CT molecular complexity index is 603. The molecule has 2 atom stereocenters. The number of carbonyl (C=O) groups excluding carboxylic acids is 1. The highest BCUT2D eigenvalue weighted by atomic mass is 127. The molecular weight excluding hydrogens is 451 g/mol. The molecule has 1 amide bonds. The molecule has 2 rings (SSSR count). The van der Waals surface area contributed by atoms with Crippen LogP contribution in [0.2, 0.25) is 0 Å². The van der Waals surface area contributed by atoms with Gasteiger partial charge in [-0.25, -0.2) is 0 Å². The van der Waals surface area contributed by atoms with E-state index in [0.717, 1.165) is 32.0 Å². The fraction of sp³-hybridized carbons (Fsp3) is 0.619. The van der Waals surface area contributed by atoms with Crippen LogP contribution in [-0.2, 0) is 4.79 Å². The van der Waals surface area contributed by atoms with Crippen LogP contribution in [0.15, 0.2) is 35.3 Å². The molecule has 6 heteroatoms. The normalized spacial score (nSPS) is 18.4. The molecule has 0 radical (unpaired) electrons. The minimum Gasteiger partial charge on any atom is -0.356 e. The minimum absolute atomic E-state index is 0. The van der Waals surface area contributed by atoms with Crippen molar-refractivity contribution in [1.82, 2.24) is 15.5 Å². The van der Waals surface area contributed by atoms with Gasteiger partial charge in [0.15, 0.2) is 5.96 Å². The van der Waals surface area contributed by atoms with Crippen molar-refractivity contribution in [2.24, 2.45) is 16.8 Å². The summed E-state index contributed by atoms with van der Waals surface area (Å²) in [7, 11) is 1.80. The fourth-order valence-electron chi connectivity index (χ4n) is 3.48. The van der Waals surface area contributed by atoms with Crippen LogP contribution in [0.1, 0.15) is 45.6 Å². The quantitative estimate of drug-likeness (QED) is 0.368.